The van der Waals surface area contributed by atoms with Crippen LogP contribution in [0.5, 0.6) is 0 Å². The number of nitrogens with two attached hydrogens (primary N) is 1. The molecule has 0 unspecified atom stereocenters. The Kier molecular flexibility index (Phi) is 3.35. The molecule has 106 valence electrons. The maximum absolute atomic E-state index is 12.7. The van der Waals surface area contributed by atoms with Crippen molar-refractivity contribution < 1.29 is 22.6 Å². The number of carbonyl (C=O) groups is 1. The van der Waals surface area contributed by atoms with Crippen LogP contribution in [0.2, 0.25) is 0 Å². The highest BCUT2D eigenvalue weighted by atomic mass is 19.4. The van der Waals surface area contributed by atoms with Crippen molar-refractivity contribution in [2.24, 2.45) is 0 Å². The van der Waals surface area contributed by atoms with E-state index in [2.05, 4.69) is 20.3 Å². The van der Waals surface area contributed by atoms with Crippen molar-refractivity contribution in [3.05, 3.63) is 35.0 Å². The number of rotatable bonds is 2. The predicted molar refractivity (Wildman–Crippen MR) is 62.8 cm³/mol. The fraction of sp³-hybridized carbons (Fsp3) is 0.182. The molecule has 2 rings (SSSR count). The molecule has 1 aromatic heterocycles. The summed E-state index contributed by atoms with van der Waals surface area (Å²) in [5, 5.41) is 8.70. The molecule has 1 aromatic carbocycles. The summed E-state index contributed by atoms with van der Waals surface area (Å²) in [6, 6.07) is 3.42. The minimum Gasteiger partial charge on any atom is -0.379 e. The molecule has 6 nitrogen and oxygen atoms in total. The van der Waals surface area contributed by atoms with Crippen molar-refractivity contribution in [1.29, 1.82) is 0 Å². The smallest absolute Gasteiger partial charge is 0.379 e. The zero-order valence-corrected chi connectivity index (χ0v) is 10.2. The number of amides is 1. The van der Waals surface area contributed by atoms with Gasteiger partial charge in [0.05, 0.1) is 5.56 Å². The highest BCUT2D eigenvalue weighted by Gasteiger charge is 2.32. The van der Waals surface area contributed by atoms with Crippen LogP contribution >= 0.6 is 0 Å². The van der Waals surface area contributed by atoms with Crippen molar-refractivity contribution in [3.63, 3.8) is 0 Å². The Bertz CT molecular complexity index is 651. The van der Waals surface area contributed by atoms with Gasteiger partial charge in [-0.1, -0.05) is 6.07 Å². The number of hydrogen-bond donors (Lipinski definition) is 2. The van der Waals surface area contributed by atoms with Crippen LogP contribution in [0, 0.1) is 6.92 Å². The van der Waals surface area contributed by atoms with Gasteiger partial charge in [-0.05, 0) is 34.9 Å². The molecule has 1 amide bonds. The van der Waals surface area contributed by atoms with Crippen molar-refractivity contribution in [2.45, 2.75) is 13.1 Å². The van der Waals surface area contributed by atoms with E-state index >= 15 is 0 Å². The molecule has 3 N–H and O–H groups in total. The summed E-state index contributed by atoms with van der Waals surface area (Å²) in [6.45, 7) is 1.33. The third kappa shape index (κ3) is 2.71. The van der Waals surface area contributed by atoms with E-state index in [0.29, 0.717) is 0 Å². The first-order valence-corrected chi connectivity index (χ1v) is 5.36. The highest BCUT2D eigenvalue weighted by Crippen LogP contribution is 2.33. The van der Waals surface area contributed by atoms with E-state index < -0.39 is 17.6 Å². The Labute approximate surface area is 110 Å². The summed E-state index contributed by atoms with van der Waals surface area (Å²) in [5.74, 6) is -1.05. The lowest BCUT2D eigenvalue weighted by Crippen LogP contribution is -2.15. The van der Waals surface area contributed by atoms with Crippen LogP contribution in [0.3, 0.4) is 0 Å². The van der Waals surface area contributed by atoms with Crippen LogP contribution < -0.4 is 11.1 Å². The van der Waals surface area contributed by atoms with Crippen LogP contribution in [0.1, 0.15) is 21.6 Å². The SMILES string of the molecule is Cc1ccc(NC(=O)c2nonc2N)cc1C(F)(F)F. The number of nitrogen functional groups attached to an aromatic ring is 1. The zero-order chi connectivity index (χ0) is 14.9. The van der Waals surface area contributed by atoms with E-state index in [1.807, 2.05) is 0 Å². The number of halogens is 3. The summed E-state index contributed by atoms with van der Waals surface area (Å²) in [5.41, 5.74) is 4.21. The molecule has 20 heavy (non-hydrogen) atoms. The largest absolute Gasteiger partial charge is 0.416 e. The molecule has 1 heterocycles. The minimum absolute atomic E-state index is 0.0321. The van der Waals surface area contributed by atoms with Gasteiger partial charge in [-0.25, -0.2) is 4.63 Å². The molecule has 2 aromatic rings. The number of carbonyl (C=O) groups excluding carboxylic acids is 1. The third-order valence-electron chi connectivity index (χ3n) is 2.53. The van der Waals surface area contributed by atoms with Gasteiger partial charge in [-0.3, -0.25) is 4.79 Å². The van der Waals surface area contributed by atoms with Crippen LogP contribution in [0.4, 0.5) is 24.7 Å². The van der Waals surface area contributed by atoms with Gasteiger partial charge in [0.15, 0.2) is 0 Å². The third-order valence-corrected chi connectivity index (χ3v) is 2.53. The lowest BCUT2D eigenvalue weighted by molar-refractivity contribution is -0.138. The Hall–Kier alpha value is -2.58. The monoisotopic (exact) mass is 286 g/mol. The van der Waals surface area contributed by atoms with Gasteiger partial charge in [0.25, 0.3) is 5.91 Å². The second-order valence-corrected chi connectivity index (χ2v) is 3.98. The molecule has 0 bridgehead atoms. The van der Waals surface area contributed by atoms with Crippen LogP contribution in [-0.2, 0) is 6.18 Å². The number of alkyl halides is 3. The van der Waals surface area contributed by atoms with Crippen LogP contribution in [0.15, 0.2) is 22.8 Å². The number of nitrogens with zero attached hydrogens (tertiary/aromatic N) is 2. The first-order valence-electron chi connectivity index (χ1n) is 5.36. The molecule has 0 saturated carbocycles. The first kappa shape index (κ1) is 13.8. The highest BCUT2D eigenvalue weighted by molar-refractivity contribution is 6.05. The topological polar surface area (TPSA) is 94.0 Å². The number of aryl methyl sites for hydroxylation is 1. The van der Waals surface area contributed by atoms with Gasteiger partial charge in [0.2, 0.25) is 11.5 Å². The van der Waals surface area contributed by atoms with Crippen molar-refractivity contribution in [2.75, 3.05) is 11.1 Å². The molecule has 0 fully saturated rings. The second-order valence-electron chi connectivity index (χ2n) is 3.98. The number of nitrogens with one attached hydrogen (secondary N) is 1. The van der Waals surface area contributed by atoms with E-state index in [-0.39, 0.29) is 22.8 Å². The van der Waals surface area contributed by atoms with E-state index in [9.17, 15) is 18.0 Å². The van der Waals surface area contributed by atoms with Gasteiger partial charge < -0.3 is 11.1 Å². The fourth-order valence-corrected chi connectivity index (χ4v) is 1.55. The molecule has 0 aliphatic heterocycles. The quantitative estimate of drug-likeness (QED) is 0.882. The van der Waals surface area contributed by atoms with Gasteiger partial charge in [-0.15, -0.1) is 0 Å². The molecule has 9 heteroatoms. The number of hydrogen-bond acceptors (Lipinski definition) is 5. The summed E-state index contributed by atoms with van der Waals surface area (Å²) < 4.78 is 42.4. The van der Waals surface area contributed by atoms with Crippen molar-refractivity contribution in [1.82, 2.24) is 10.3 Å². The van der Waals surface area contributed by atoms with Crippen LogP contribution in [0.25, 0.3) is 0 Å². The van der Waals surface area contributed by atoms with Gasteiger partial charge in [0.1, 0.15) is 0 Å². The molecule has 0 spiro atoms. The zero-order valence-electron chi connectivity index (χ0n) is 10.2. The molecular weight excluding hydrogens is 277 g/mol. The Morgan fingerprint density at radius 2 is 2.05 bits per heavy atom. The summed E-state index contributed by atoms with van der Waals surface area (Å²) >= 11 is 0. The van der Waals surface area contributed by atoms with Crippen molar-refractivity contribution in [3.8, 4) is 0 Å². The van der Waals surface area contributed by atoms with E-state index in [1.54, 1.807) is 0 Å². The number of anilines is 2. The predicted octanol–water partition coefficient (Wildman–Crippen LogP) is 2.23. The maximum atomic E-state index is 12.7. The van der Waals surface area contributed by atoms with Gasteiger partial charge in [0, 0.05) is 5.69 Å². The molecule has 0 aliphatic rings. The number of benzene rings is 1. The number of aromatic nitrogens is 2. The van der Waals surface area contributed by atoms with E-state index in [1.165, 1.54) is 19.1 Å². The summed E-state index contributed by atoms with van der Waals surface area (Å²) in [7, 11) is 0. The van der Waals surface area contributed by atoms with Crippen molar-refractivity contribution >= 4 is 17.4 Å². The average molecular weight is 286 g/mol. The average Bonchev–Trinajstić information content (AvgIpc) is 2.76. The van der Waals surface area contributed by atoms with E-state index in [4.69, 9.17) is 5.73 Å². The Morgan fingerprint density at radius 1 is 1.35 bits per heavy atom. The van der Waals surface area contributed by atoms with Gasteiger partial charge in [-0.2, -0.15) is 13.2 Å². The normalized spacial score (nSPS) is 11.4. The molecule has 0 saturated heterocycles. The minimum atomic E-state index is -4.50. The Balaban J connectivity index is 2.27. The lowest BCUT2D eigenvalue weighted by Gasteiger charge is -2.12. The molecule has 0 aliphatic carbocycles. The first-order chi connectivity index (χ1) is 9.29. The van der Waals surface area contributed by atoms with E-state index in [0.717, 1.165) is 6.07 Å². The molecular formula is C11H9F3N4O2. The summed E-state index contributed by atoms with van der Waals surface area (Å²) in [6.07, 6.45) is -4.50. The molecule has 0 atom stereocenters. The standard InChI is InChI=1S/C11H9F3N4O2/c1-5-2-3-6(4-7(5)11(12,13)14)16-10(19)8-9(15)18-20-17-8/h2-4H,1H3,(H2,15,18)(H,16,19). The van der Waals surface area contributed by atoms with Crippen LogP contribution in [-0.4, -0.2) is 16.2 Å². The Morgan fingerprint density at radius 3 is 2.60 bits per heavy atom. The summed E-state index contributed by atoms with van der Waals surface area (Å²) in [4.78, 5) is 11.7. The second kappa shape index (κ2) is 4.83. The molecule has 0 radical (unpaired) electrons. The maximum Gasteiger partial charge on any atom is 0.416 e. The fourth-order valence-electron chi connectivity index (χ4n) is 1.55. The van der Waals surface area contributed by atoms with Gasteiger partial charge >= 0.3 is 6.18 Å². The lowest BCUT2D eigenvalue weighted by atomic mass is 10.1.